The van der Waals surface area contributed by atoms with Crippen molar-refractivity contribution in [3.05, 3.63) is 35.6 Å². The lowest BCUT2D eigenvalue weighted by Crippen LogP contribution is -1.97. The number of benzene rings is 1. The van der Waals surface area contributed by atoms with E-state index >= 15 is 0 Å². The topological polar surface area (TPSA) is 31.4 Å². The van der Waals surface area contributed by atoms with Gasteiger partial charge in [0.25, 0.3) is 6.29 Å². The summed E-state index contributed by atoms with van der Waals surface area (Å²) in [5, 5.41) is 0.837. The Hall–Kier alpha value is -0.970. The Morgan fingerprint density at radius 1 is 1.14 bits per heavy atom. The first-order valence-electron chi connectivity index (χ1n) is 4.42. The minimum absolute atomic E-state index is 0.575. The monoisotopic (exact) mass is 206 g/mol. The van der Waals surface area contributed by atoms with Gasteiger partial charge in [-0.15, -0.1) is 11.3 Å². The SMILES string of the molecule is c1ccc2sc([C]3OCCO3)nc2c1. The fourth-order valence-electron chi connectivity index (χ4n) is 1.39. The molecule has 2 aromatic rings. The maximum Gasteiger partial charge on any atom is 0.285 e. The van der Waals surface area contributed by atoms with E-state index in [0.29, 0.717) is 19.5 Å². The largest absolute Gasteiger partial charge is 0.337 e. The summed E-state index contributed by atoms with van der Waals surface area (Å²) < 4.78 is 11.8. The van der Waals surface area contributed by atoms with E-state index in [1.165, 1.54) is 0 Å². The lowest BCUT2D eigenvalue weighted by molar-refractivity contribution is 0.0996. The minimum atomic E-state index is 0.575. The highest BCUT2D eigenvalue weighted by Crippen LogP contribution is 2.29. The molecule has 0 aliphatic carbocycles. The van der Waals surface area contributed by atoms with Gasteiger partial charge in [-0.1, -0.05) is 12.1 Å². The number of aromatic nitrogens is 1. The smallest absolute Gasteiger partial charge is 0.285 e. The van der Waals surface area contributed by atoms with E-state index in [0.717, 1.165) is 15.2 Å². The highest BCUT2D eigenvalue weighted by atomic mass is 32.1. The zero-order chi connectivity index (χ0) is 9.38. The lowest BCUT2D eigenvalue weighted by Gasteiger charge is -1.99. The number of rotatable bonds is 1. The molecule has 0 N–H and O–H groups in total. The van der Waals surface area contributed by atoms with E-state index in [2.05, 4.69) is 4.98 Å². The molecule has 0 atom stereocenters. The molecule has 71 valence electrons. The van der Waals surface area contributed by atoms with Gasteiger partial charge in [0.05, 0.1) is 23.4 Å². The van der Waals surface area contributed by atoms with Gasteiger partial charge in [-0.3, -0.25) is 0 Å². The average molecular weight is 206 g/mol. The maximum atomic E-state index is 5.31. The number of hydrogen-bond acceptors (Lipinski definition) is 4. The summed E-state index contributed by atoms with van der Waals surface area (Å²) in [6.45, 7) is 1.26. The Morgan fingerprint density at radius 3 is 2.71 bits per heavy atom. The van der Waals surface area contributed by atoms with Crippen LogP contribution in [-0.4, -0.2) is 18.2 Å². The first-order valence-corrected chi connectivity index (χ1v) is 5.23. The Morgan fingerprint density at radius 2 is 1.93 bits per heavy atom. The fourth-order valence-corrected chi connectivity index (χ4v) is 2.31. The molecule has 3 rings (SSSR count). The zero-order valence-corrected chi connectivity index (χ0v) is 8.21. The van der Waals surface area contributed by atoms with Gasteiger partial charge >= 0.3 is 0 Å². The second kappa shape index (κ2) is 3.31. The molecule has 0 amide bonds. The molecule has 0 unspecified atom stereocenters. The average Bonchev–Trinajstić information content (AvgIpc) is 2.86. The van der Waals surface area contributed by atoms with Crippen LogP contribution < -0.4 is 0 Å². The third-order valence-corrected chi connectivity index (χ3v) is 3.03. The van der Waals surface area contributed by atoms with Crippen molar-refractivity contribution >= 4 is 21.6 Å². The molecule has 0 bridgehead atoms. The van der Waals surface area contributed by atoms with Gasteiger partial charge in [0.15, 0.2) is 5.01 Å². The molecule has 0 spiro atoms. The molecule has 1 aliphatic rings. The number of hydrogen-bond donors (Lipinski definition) is 0. The summed E-state index contributed by atoms with van der Waals surface area (Å²) >= 11 is 1.60. The van der Waals surface area contributed by atoms with Crippen molar-refractivity contribution in [1.82, 2.24) is 4.98 Å². The number of ether oxygens (including phenoxy) is 2. The molecule has 3 nitrogen and oxygen atoms in total. The minimum Gasteiger partial charge on any atom is -0.337 e. The third kappa shape index (κ3) is 1.32. The Bertz CT molecular complexity index is 415. The van der Waals surface area contributed by atoms with Crippen LogP contribution in [0.15, 0.2) is 24.3 Å². The van der Waals surface area contributed by atoms with Gasteiger partial charge in [0, 0.05) is 0 Å². The van der Waals surface area contributed by atoms with Crippen LogP contribution in [0.5, 0.6) is 0 Å². The summed E-state index contributed by atoms with van der Waals surface area (Å²) in [6.07, 6.45) is 0.575. The standard InChI is InChI=1S/C10H8NO2S/c1-2-4-8-7(3-1)11-9(14-8)10-12-5-6-13-10/h1-4H,5-6H2. The molecule has 14 heavy (non-hydrogen) atoms. The van der Waals surface area contributed by atoms with Crippen molar-refractivity contribution in [2.45, 2.75) is 0 Å². The molecular weight excluding hydrogens is 198 g/mol. The third-order valence-electron chi connectivity index (χ3n) is 2.02. The Balaban J connectivity index is 2.05. The van der Waals surface area contributed by atoms with E-state index < -0.39 is 0 Å². The first-order chi connectivity index (χ1) is 6.93. The van der Waals surface area contributed by atoms with Crippen LogP contribution in [0.1, 0.15) is 5.01 Å². The fraction of sp³-hybridized carbons (Fsp3) is 0.200. The van der Waals surface area contributed by atoms with Crippen molar-refractivity contribution in [2.24, 2.45) is 0 Å². The molecule has 4 heteroatoms. The summed E-state index contributed by atoms with van der Waals surface area (Å²) in [5.74, 6) is 0. The van der Waals surface area contributed by atoms with Crippen LogP contribution in [0.4, 0.5) is 0 Å². The van der Waals surface area contributed by atoms with E-state index in [1.54, 1.807) is 11.3 Å². The van der Waals surface area contributed by atoms with Crippen LogP contribution in [0.3, 0.4) is 0 Å². The lowest BCUT2D eigenvalue weighted by atomic mass is 10.3. The van der Waals surface area contributed by atoms with Gasteiger partial charge < -0.3 is 9.47 Å². The molecule has 1 radical (unpaired) electrons. The van der Waals surface area contributed by atoms with Crippen LogP contribution >= 0.6 is 11.3 Å². The van der Waals surface area contributed by atoms with Crippen molar-refractivity contribution < 1.29 is 9.47 Å². The normalized spacial score (nSPS) is 18.0. The maximum absolute atomic E-state index is 5.31. The van der Waals surface area contributed by atoms with Crippen molar-refractivity contribution in [1.29, 1.82) is 0 Å². The van der Waals surface area contributed by atoms with E-state index in [1.807, 2.05) is 24.3 Å². The number of nitrogens with zero attached hydrogens (tertiary/aromatic N) is 1. The summed E-state index contributed by atoms with van der Waals surface area (Å²) in [5.41, 5.74) is 0.999. The predicted octanol–water partition coefficient (Wildman–Crippen LogP) is 2.18. The van der Waals surface area contributed by atoms with Crippen molar-refractivity contribution in [3.8, 4) is 0 Å². The summed E-state index contributed by atoms with van der Waals surface area (Å²) in [4.78, 5) is 4.43. The molecule has 1 saturated heterocycles. The Kier molecular flexibility index (Phi) is 1.97. The second-order valence-corrected chi connectivity index (χ2v) is 4.00. The van der Waals surface area contributed by atoms with Gasteiger partial charge in [-0.2, -0.15) is 0 Å². The van der Waals surface area contributed by atoms with Crippen molar-refractivity contribution in [2.75, 3.05) is 13.2 Å². The van der Waals surface area contributed by atoms with Crippen LogP contribution in [0, 0.1) is 6.29 Å². The van der Waals surface area contributed by atoms with Gasteiger partial charge in [-0.25, -0.2) is 4.98 Å². The summed E-state index contributed by atoms with van der Waals surface area (Å²) in [7, 11) is 0. The van der Waals surface area contributed by atoms with E-state index in [-0.39, 0.29) is 0 Å². The van der Waals surface area contributed by atoms with Crippen LogP contribution in [0.25, 0.3) is 10.2 Å². The first kappa shape index (κ1) is 8.35. The molecule has 2 heterocycles. The van der Waals surface area contributed by atoms with Crippen LogP contribution in [-0.2, 0) is 9.47 Å². The molecule has 1 aromatic heterocycles. The molecule has 1 fully saturated rings. The van der Waals surface area contributed by atoms with Gasteiger partial charge in [0.2, 0.25) is 0 Å². The molecular formula is C10H8NO2S. The molecule has 1 aromatic carbocycles. The Labute approximate surface area is 85.3 Å². The zero-order valence-electron chi connectivity index (χ0n) is 7.40. The predicted molar refractivity (Wildman–Crippen MR) is 53.9 cm³/mol. The number of thiazole rings is 1. The highest BCUT2D eigenvalue weighted by Gasteiger charge is 2.24. The molecule has 0 saturated carbocycles. The van der Waals surface area contributed by atoms with Crippen LogP contribution in [0.2, 0.25) is 0 Å². The molecule has 1 aliphatic heterocycles. The quantitative estimate of drug-likeness (QED) is 0.716. The van der Waals surface area contributed by atoms with E-state index in [4.69, 9.17) is 9.47 Å². The van der Waals surface area contributed by atoms with Crippen molar-refractivity contribution in [3.63, 3.8) is 0 Å². The van der Waals surface area contributed by atoms with Gasteiger partial charge in [-0.05, 0) is 12.1 Å². The number of para-hydroxylation sites is 1. The second-order valence-electron chi connectivity index (χ2n) is 2.97. The highest BCUT2D eigenvalue weighted by molar-refractivity contribution is 7.18. The summed E-state index contributed by atoms with van der Waals surface area (Å²) in [6, 6.07) is 8.02. The number of fused-ring (bicyclic) bond motifs is 1. The van der Waals surface area contributed by atoms with E-state index in [9.17, 15) is 0 Å². The van der Waals surface area contributed by atoms with Gasteiger partial charge in [0.1, 0.15) is 0 Å².